The summed E-state index contributed by atoms with van der Waals surface area (Å²) in [5.74, 6) is 0.713. The van der Waals surface area contributed by atoms with E-state index in [4.69, 9.17) is 9.97 Å². The van der Waals surface area contributed by atoms with Gasteiger partial charge in [0.15, 0.2) is 5.82 Å². The van der Waals surface area contributed by atoms with E-state index >= 15 is 0 Å². The summed E-state index contributed by atoms with van der Waals surface area (Å²) in [6.45, 7) is 0. The van der Waals surface area contributed by atoms with E-state index < -0.39 is 0 Å². The van der Waals surface area contributed by atoms with E-state index in [2.05, 4.69) is 191 Å². The molecule has 4 aromatic heterocycles. The van der Waals surface area contributed by atoms with Gasteiger partial charge in [-0.3, -0.25) is 0 Å². The van der Waals surface area contributed by atoms with Gasteiger partial charge in [0.05, 0.1) is 38.8 Å². The van der Waals surface area contributed by atoms with Crippen molar-refractivity contribution >= 4 is 92.3 Å². The molecular weight excluding hydrogens is 681 g/mol. The molecule has 0 unspecified atom stereocenters. The monoisotopic (exact) mass is 710 g/mol. The molecule has 0 N–H and O–H groups in total. The van der Waals surface area contributed by atoms with Crippen LogP contribution in [0.4, 0.5) is 0 Å². The molecule has 13 rings (SSSR count). The highest BCUT2D eigenvalue weighted by atomic mass is 15.0. The lowest BCUT2D eigenvalue weighted by atomic mass is 10.0. The number of benzene rings is 9. The van der Waals surface area contributed by atoms with E-state index in [0.717, 1.165) is 33.4 Å². The van der Waals surface area contributed by atoms with Crippen molar-refractivity contribution in [1.82, 2.24) is 18.9 Å². The Kier molecular flexibility index (Phi) is 5.86. The molecule has 56 heavy (non-hydrogen) atoms. The molecule has 258 valence electrons. The topological polar surface area (TPSA) is 35.1 Å². The van der Waals surface area contributed by atoms with Crippen molar-refractivity contribution in [3.63, 3.8) is 0 Å². The highest BCUT2D eigenvalue weighted by Crippen LogP contribution is 2.47. The molecule has 9 aromatic carbocycles. The van der Waals surface area contributed by atoms with E-state index in [-0.39, 0.29) is 0 Å². The minimum atomic E-state index is 0.713. The second kappa shape index (κ2) is 11.0. The van der Waals surface area contributed by atoms with Crippen LogP contribution in [0.15, 0.2) is 182 Å². The first-order valence-corrected chi connectivity index (χ1v) is 19.2. The number of nitrogens with zero attached hydrogens (tertiary/aromatic N) is 4. The first kappa shape index (κ1) is 29.8. The van der Waals surface area contributed by atoms with Crippen molar-refractivity contribution in [3.05, 3.63) is 182 Å². The summed E-state index contributed by atoms with van der Waals surface area (Å²) in [7, 11) is 0. The van der Waals surface area contributed by atoms with Crippen LogP contribution < -0.4 is 0 Å². The van der Waals surface area contributed by atoms with Gasteiger partial charge in [0.1, 0.15) is 0 Å². The van der Waals surface area contributed by atoms with E-state index in [1.54, 1.807) is 0 Å². The summed E-state index contributed by atoms with van der Waals surface area (Å²) in [6.07, 6.45) is 0. The lowest BCUT2D eigenvalue weighted by molar-refractivity contribution is 1.18. The van der Waals surface area contributed by atoms with Gasteiger partial charge in [0.25, 0.3) is 0 Å². The fraction of sp³-hybridized carbons (Fsp3) is 0. The van der Waals surface area contributed by atoms with E-state index in [1.807, 2.05) is 0 Å². The average Bonchev–Trinajstić information content (AvgIpc) is 3.91. The van der Waals surface area contributed by atoms with E-state index in [1.165, 1.54) is 81.4 Å². The van der Waals surface area contributed by atoms with E-state index in [0.29, 0.717) is 5.82 Å². The van der Waals surface area contributed by atoms with Crippen LogP contribution in [0.1, 0.15) is 0 Å². The Labute approximate surface area is 320 Å². The third-order valence-corrected chi connectivity index (χ3v) is 12.0. The van der Waals surface area contributed by atoms with Crippen molar-refractivity contribution in [2.75, 3.05) is 0 Å². The highest BCUT2D eigenvalue weighted by molar-refractivity contribution is 6.35. The van der Waals surface area contributed by atoms with Gasteiger partial charge in [0.2, 0.25) is 0 Å². The third kappa shape index (κ3) is 3.97. The zero-order valence-corrected chi connectivity index (χ0v) is 30.1. The first-order chi connectivity index (χ1) is 27.8. The number of para-hydroxylation sites is 3. The van der Waals surface area contributed by atoms with Crippen molar-refractivity contribution in [2.45, 2.75) is 0 Å². The number of aromatic nitrogens is 4. The summed E-state index contributed by atoms with van der Waals surface area (Å²) in [5.41, 5.74) is 11.2. The maximum absolute atomic E-state index is 5.27. The predicted molar refractivity (Wildman–Crippen MR) is 234 cm³/mol. The zero-order chi connectivity index (χ0) is 36.5. The van der Waals surface area contributed by atoms with Crippen molar-refractivity contribution in [3.8, 4) is 28.3 Å². The largest absolute Gasteiger partial charge is 0.308 e. The zero-order valence-electron chi connectivity index (χ0n) is 30.1. The molecule has 0 aliphatic heterocycles. The lowest BCUT2D eigenvalue weighted by Crippen LogP contribution is -1.97. The molecule has 0 fully saturated rings. The van der Waals surface area contributed by atoms with Crippen LogP contribution in [0.25, 0.3) is 121 Å². The van der Waals surface area contributed by atoms with Crippen molar-refractivity contribution < 1.29 is 0 Å². The average molecular weight is 711 g/mol. The fourth-order valence-electron chi connectivity index (χ4n) is 9.55. The predicted octanol–water partition coefficient (Wildman–Crippen LogP) is 13.5. The van der Waals surface area contributed by atoms with Gasteiger partial charge < -0.3 is 8.97 Å². The second-order valence-electron chi connectivity index (χ2n) is 15.0. The van der Waals surface area contributed by atoms with Gasteiger partial charge in [-0.25, -0.2) is 9.97 Å². The normalized spacial score (nSPS) is 12.3. The Balaban J connectivity index is 1.09. The first-order valence-electron chi connectivity index (χ1n) is 19.2. The Hall–Kier alpha value is -7.56. The Morgan fingerprint density at radius 1 is 0.357 bits per heavy atom. The molecule has 13 aromatic rings. The molecule has 0 bridgehead atoms. The number of hydrogen-bond acceptors (Lipinski definition) is 2. The molecule has 0 radical (unpaired) electrons. The van der Waals surface area contributed by atoms with E-state index in [9.17, 15) is 0 Å². The molecule has 0 atom stereocenters. The van der Waals surface area contributed by atoms with Crippen molar-refractivity contribution in [1.29, 1.82) is 0 Å². The SMILES string of the molecule is c1ccc2cc(-c3nc(-c4ccc(-n5c6c7ccccc7ccc6c6cc7c8ccccc8n8c9ccccc9c(c65)c78)cc4)nc4ccccc34)ccc2c1. The smallest absolute Gasteiger partial charge is 0.160 e. The Morgan fingerprint density at radius 3 is 1.82 bits per heavy atom. The number of hydrogen-bond donors (Lipinski definition) is 0. The molecule has 0 aliphatic carbocycles. The van der Waals surface area contributed by atoms with Crippen LogP contribution in [-0.4, -0.2) is 18.9 Å². The molecule has 0 saturated carbocycles. The third-order valence-electron chi connectivity index (χ3n) is 12.0. The highest BCUT2D eigenvalue weighted by Gasteiger charge is 2.25. The summed E-state index contributed by atoms with van der Waals surface area (Å²) in [6, 6.07) is 65.8. The Morgan fingerprint density at radius 2 is 0.982 bits per heavy atom. The molecule has 4 nitrogen and oxygen atoms in total. The van der Waals surface area contributed by atoms with Gasteiger partial charge in [-0.05, 0) is 70.8 Å². The van der Waals surface area contributed by atoms with Crippen LogP contribution >= 0.6 is 0 Å². The van der Waals surface area contributed by atoms with Gasteiger partial charge in [0, 0.05) is 59.9 Å². The number of fused-ring (bicyclic) bond motifs is 14. The summed E-state index contributed by atoms with van der Waals surface area (Å²) < 4.78 is 4.99. The molecule has 4 heteroatoms. The minimum Gasteiger partial charge on any atom is -0.308 e. The summed E-state index contributed by atoms with van der Waals surface area (Å²) >= 11 is 0. The molecule has 0 amide bonds. The summed E-state index contributed by atoms with van der Waals surface area (Å²) in [5, 5.41) is 13.5. The number of rotatable bonds is 3. The fourth-order valence-corrected chi connectivity index (χ4v) is 9.55. The molecular formula is C52H30N4. The van der Waals surface area contributed by atoms with Crippen LogP contribution in [0.2, 0.25) is 0 Å². The quantitative estimate of drug-likeness (QED) is 0.183. The van der Waals surface area contributed by atoms with Crippen LogP contribution in [0.5, 0.6) is 0 Å². The molecule has 4 heterocycles. The molecule has 0 spiro atoms. The molecule has 0 saturated heterocycles. The molecule has 0 aliphatic rings. The maximum atomic E-state index is 5.27. The maximum Gasteiger partial charge on any atom is 0.160 e. The van der Waals surface area contributed by atoms with Crippen LogP contribution in [-0.2, 0) is 0 Å². The van der Waals surface area contributed by atoms with Gasteiger partial charge in [-0.15, -0.1) is 0 Å². The minimum absolute atomic E-state index is 0.713. The van der Waals surface area contributed by atoms with Gasteiger partial charge >= 0.3 is 0 Å². The van der Waals surface area contributed by atoms with Crippen molar-refractivity contribution in [2.24, 2.45) is 0 Å². The van der Waals surface area contributed by atoms with Gasteiger partial charge in [-0.2, -0.15) is 0 Å². The van der Waals surface area contributed by atoms with Gasteiger partial charge in [-0.1, -0.05) is 127 Å². The second-order valence-corrected chi connectivity index (χ2v) is 15.0. The Bertz CT molecular complexity index is 3760. The van der Waals surface area contributed by atoms with Crippen LogP contribution in [0, 0.1) is 0 Å². The standard InChI is InChI=1S/C52H30N4/c1-2-13-34-29-35(22-21-31(34)11-1)48-40-16-5-8-18-44(40)53-52(54-48)33-23-26-36(27-24-33)55-49-37-14-4-3-12-32(37)25-28-39(49)43-30-42-38-15-6-9-19-45(38)56-46-20-10-7-17-41(46)47(50(43)55)51(42)56/h1-30H. The summed E-state index contributed by atoms with van der Waals surface area (Å²) in [4.78, 5) is 10.4. The van der Waals surface area contributed by atoms with Crippen LogP contribution in [0.3, 0.4) is 0 Å². The lowest BCUT2D eigenvalue weighted by Gasteiger charge is -2.13.